The number of nitrogen functional groups attached to an aromatic ring is 1. The van der Waals surface area contributed by atoms with E-state index in [1.165, 1.54) is 6.33 Å². The van der Waals surface area contributed by atoms with Gasteiger partial charge in [-0.05, 0) is 5.92 Å². The molecule has 0 radical (unpaired) electrons. The molecule has 0 aliphatic heterocycles. The topological polar surface area (TPSA) is 63.8 Å². The first-order valence-electron chi connectivity index (χ1n) is 5.18. The Hall–Kier alpha value is -1.03. The molecular weight excluding hydrogens is 212 g/mol. The Labute approximate surface area is 95.3 Å². The molecule has 0 aliphatic carbocycles. The van der Waals surface area contributed by atoms with Crippen molar-refractivity contribution in [3.05, 3.63) is 11.3 Å². The molecule has 15 heavy (non-hydrogen) atoms. The van der Waals surface area contributed by atoms with E-state index in [1.807, 2.05) is 0 Å². The van der Waals surface area contributed by atoms with E-state index in [1.54, 1.807) is 0 Å². The van der Waals surface area contributed by atoms with Gasteiger partial charge in [-0.3, -0.25) is 0 Å². The van der Waals surface area contributed by atoms with E-state index >= 15 is 0 Å². The second-order valence-electron chi connectivity index (χ2n) is 3.48. The van der Waals surface area contributed by atoms with Gasteiger partial charge in [-0.25, -0.2) is 9.97 Å². The van der Waals surface area contributed by atoms with Crippen molar-refractivity contribution in [2.75, 3.05) is 17.6 Å². The third kappa shape index (κ3) is 3.23. The lowest BCUT2D eigenvalue weighted by molar-refractivity contribution is 0.518. The first kappa shape index (κ1) is 12.0. The fraction of sp³-hybridized carbons (Fsp3) is 0.600. The molecule has 0 aromatic carbocycles. The van der Waals surface area contributed by atoms with Crippen LogP contribution >= 0.6 is 11.6 Å². The molecule has 1 rings (SSSR count). The van der Waals surface area contributed by atoms with Crippen LogP contribution < -0.4 is 11.1 Å². The van der Waals surface area contributed by atoms with Crippen molar-refractivity contribution in [2.24, 2.45) is 5.92 Å². The van der Waals surface area contributed by atoms with Crippen molar-refractivity contribution >= 4 is 23.2 Å². The van der Waals surface area contributed by atoms with Crippen LogP contribution in [0, 0.1) is 5.92 Å². The first-order valence-corrected chi connectivity index (χ1v) is 5.56. The molecule has 0 unspecified atom stereocenters. The summed E-state index contributed by atoms with van der Waals surface area (Å²) in [5.41, 5.74) is 5.57. The van der Waals surface area contributed by atoms with Gasteiger partial charge >= 0.3 is 0 Å². The quantitative estimate of drug-likeness (QED) is 0.813. The minimum Gasteiger partial charge on any atom is -0.382 e. The normalized spacial score (nSPS) is 10.7. The number of halogens is 1. The van der Waals surface area contributed by atoms with Gasteiger partial charge in [0.25, 0.3) is 0 Å². The number of nitrogens with two attached hydrogens (primary N) is 1. The van der Waals surface area contributed by atoms with Gasteiger partial charge in [0.1, 0.15) is 23.0 Å². The second kappa shape index (κ2) is 5.75. The van der Waals surface area contributed by atoms with E-state index in [9.17, 15) is 0 Å². The van der Waals surface area contributed by atoms with E-state index in [4.69, 9.17) is 17.3 Å². The maximum Gasteiger partial charge on any atom is 0.150 e. The zero-order chi connectivity index (χ0) is 11.3. The summed E-state index contributed by atoms with van der Waals surface area (Å²) in [6, 6.07) is 0. The SMILES string of the molecule is CCC(CC)CNc1ncnc(N)c1Cl. The zero-order valence-corrected chi connectivity index (χ0v) is 9.88. The monoisotopic (exact) mass is 228 g/mol. The molecule has 0 amide bonds. The lowest BCUT2D eigenvalue weighted by Crippen LogP contribution is -2.14. The Morgan fingerprint density at radius 3 is 2.67 bits per heavy atom. The summed E-state index contributed by atoms with van der Waals surface area (Å²) in [5.74, 6) is 1.58. The number of nitrogens with zero attached hydrogens (tertiary/aromatic N) is 2. The summed E-state index contributed by atoms with van der Waals surface area (Å²) in [5, 5.41) is 3.60. The fourth-order valence-electron chi connectivity index (χ4n) is 1.33. The van der Waals surface area contributed by atoms with E-state index < -0.39 is 0 Å². The highest BCUT2D eigenvalue weighted by Crippen LogP contribution is 2.23. The van der Waals surface area contributed by atoms with Crippen LogP contribution in [0.2, 0.25) is 5.02 Å². The maximum absolute atomic E-state index is 5.95. The van der Waals surface area contributed by atoms with Crippen molar-refractivity contribution in [3.8, 4) is 0 Å². The average Bonchev–Trinajstić information content (AvgIpc) is 2.25. The lowest BCUT2D eigenvalue weighted by Gasteiger charge is -2.14. The van der Waals surface area contributed by atoms with Gasteiger partial charge in [0.05, 0.1) is 0 Å². The van der Waals surface area contributed by atoms with Crippen LogP contribution in [-0.2, 0) is 0 Å². The Balaban J connectivity index is 2.61. The van der Waals surface area contributed by atoms with Gasteiger partial charge in [-0.1, -0.05) is 38.3 Å². The van der Waals surface area contributed by atoms with Crippen LogP contribution in [0.1, 0.15) is 26.7 Å². The molecule has 1 aromatic heterocycles. The molecule has 3 N–H and O–H groups in total. The summed E-state index contributed by atoms with van der Waals surface area (Å²) in [4.78, 5) is 7.85. The van der Waals surface area contributed by atoms with Gasteiger partial charge in [0.15, 0.2) is 0 Å². The largest absolute Gasteiger partial charge is 0.382 e. The van der Waals surface area contributed by atoms with Crippen LogP contribution in [0.25, 0.3) is 0 Å². The molecule has 1 heterocycles. The summed E-state index contributed by atoms with van der Waals surface area (Å²) >= 11 is 5.95. The number of rotatable bonds is 5. The number of anilines is 2. The Morgan fingerprint density at radius 1 is 1.40 bits per heavy atom. The van der Waals surface area contributed by atoms with Crippen LogP contribution in [0.4, 0.5) is 11.6 Å². The van der Waals surface area contributed by atoms with Crippen LogP contribution in [0.15, 0.2) is 6.33 Å². The number of nitrogens with one attached hydrogen (secondary N) is 1. The summed E-state index contributed by atoms with van der Waals surface area (Å²) in [6.07, 6.45) is 3.69. The number of aromatic nitrogens is 2. The predicted molar refractivity (Wildman–Crippen MR) is 64.0 cm³/mol. The highest BCUT2D eigenvalue weighted by Gasteiger charge is 2.08. The zero-order valence-electron chi connectivity index (χ0n) is 9.13. The average molecular weight is 229 g/mol. The minimum atomic E-state index is 0.318. The van der Waals surface area contributed by atoms with Crippen molar-refractivity contribution in [2.45, 2.75) is 26.7 Å². The van der Waals surface area contributed by atoms with E-state index in [2.05, 4.69) is 29.1 Å². The number of hydrogen-bond donors (Lipinski definition) is 2. The summed E-state index contributed by atoms with van der Waals surface area (Å²) in [7, 11) is 0. The molecule has 0 spiro atoms. The predicted octanol–water partition coefficient (Wildman–Crippen LogP) is 2.56. The molecule has 0 atom stereocenters. The van der Waals surface area contributed by atoms with Crippen LogP contribution in [0.3, 0.4) is 0 Å². The van der Waals surface area contributed by atoms with Crippen LogP contribution in [-0.4, -0.2) is 16.5 Å². The molecule has 0 fully saturated rings. The van der Waals surface area contributed by atoms with Gasteiger partial charge < -0.3 is 11.1 Å². The highest BCUT2D eigenvalue weighted by molar-refractivity contribution is 6.35. The maximum atomic E-state index is 5.95. The van der Waals surface area contributed by atoms with Gasteiger partial charge in [0, 0.05) is 6.54 Å². The molecule has 5 heteroatoms. The fourth-order valence-corrected chi connectivity index (χ4v) is 1.49. The Kier molecular flexibility index (Phi) is 4.62. The van der Waals surface area contributed by atoms with E-state index in [-0.39, 0.29) is 0 Å². The van der Waals surface area contributed by atoms with E-state index in [0.29, 0.717) is 22.6 Å². The van der Waals surface area contributed by atoms with Crippen molar-refractivity contribution < 1.29 is 0 Å². The molecule has 0 saturated heterocycles. The molecule has 0 saturated carbocycles. The molecule has 1 aromatic rings. The third-order valence-corrected chi connectivity index (χ3v) is 2.90. The summed E-state index contributed by atoms with van der Waals surface area (Å²) < 4.78 is 0. The van der Waals surface area contributed by atoms with Gasteiger partial charge in [-0.2, -0.15) is 0 Å². The van der Waals surface area contributed by atoms with Crippen LogP contribution in [0.5, 0.6) is 0 Å². The smallest absolute Gasteiger partial charge is 0.150 e. The molecule has 4 nitrogen and oxygen atoms in total. The first-order chi connectivity index (χ1) is 7.19. The highest BCUT2D eigenvalue weighted by atomic mass is 35.5. The number of hydrogen-bond acceptors (Lipinski definition) is 4. The lowest BCUT2D eigenvalue weighted by atomic mass is 10.0. The Bertz CT molecular complexity index is 312. The molecule has 0 aliphatic rings. The molecular formula is C10H17ClN4. The molecule has 84 valence electrons. The molecule has 0 bridgehead atoms. The standard InChI is InChI=1S/C10H17ClN4/c1-3-7(4-2)5-13-10-8(11)9(12)14-6-15-10/h6-7H,3-5H2,1-2H3,(H3,12,13,14,15). The van der Waals surface area contributed by atoms with Crippen molar-refractivity contribution in [3.63, 3.8) is 0 Å². The summed E-state index contributed by atoms with van der Waals surface area (Å²) in [6.45, 7) is 5.21. The second-order valence-corrected chi connectivity index (χ2v) is 3.86. The minimum absolute atomic E-state index is 0.318. The van der Waals surface area contributed by atoms with Crippen molar-refractivity contribution in [1.29, 1.82) is 0 Å². The van der Waals surface area contributed by atoms with Gasteiger partial charge in [0.2, 0.25) is 0 Å². The van der Waals surface area contributed by atoms with Gasteiger partial charge in [-0.15, -0.1) is 0 Å². The Morgan fingerprint density at radius 2 is 2.07 bits per heavy atom. The third-order valence-electron chi connectivity index (χ3n) is 2.53. The van der Waals surface area contributed by atoms with E-state index in [0.717, 1.165) is 19.4 Å². The van der Waals surface area contributed by atoms with Crippen molar-refractivity contribution in [1.82, 2.24) is 9.97 Å².